The fourth-order valence-electron chi connectivity index (χ4n) is 1.50. The van der Waals surface area contributed by atoms with Crippen LogP contribution in [0.1, 0.15) is 5.56 Å². The summed E-state index contributed by atoms with van der Waals surface area (Å²) in [6.45, 7) is 1.99. The molecule has 1 aromatic carbocycles. The van der Waals surface area contributed by atoms with Gasteiger partial charge in [0.2, 0.25) is 6.41 Å². The average molecular weight is 213 g/mol. The third-order valence-electron chi connectivity index (χ3n) is 2.31. The number of nitrogens with zero attached hydrogens (tertiary/aromatic N) is 2. The van der Waals surface area contributed by atoms with Crippen LogP contribution in [0.5, 0.6) is 0 Å². The Hall–Kier alpha value is -2.23. The predicted octanol–water partition coefficient (Wildman–Crippen LogP) is 2.02. The van der Waals surface area contributed by atoms with Gasteiger partial charge in [0.05, 0.1) is 5.69 Å². The molecule has 16 heavy (non-hydrogen) atoms. The summed E-state index contributed by atoms with van der Waals surface area (Å²) in [7, 11) is 0. The van der Waals surface area contributed by atoms with E-state index in [0.29, 0.717) is 6.41 Å². The fraction of sp³-hybridized carbons (Fsp3) is 0.0833. The second-order valence-corrected chi connectivity index (χ2v) is 3.40. The molecule has 2 rings (SSSR count). The van der Waals surface area contributed by atoms with E-state index in [9.17, 15) is 4.79 Å². The molecule has 0 aliphatic rings. The molecule has 0 spiro atoms. The van der Waals surface area contributed by atoms with Crippen LogP contribution in [0.3, 0.4) is 0 Å². The first-order valence-electron chi connectivity index (χ1n) is 4.90. The van der Waals surface area contributed by atoms with Crippen LogP contribution in [0.25, 0.3) is 11.3 Å². The quantitative estimate of drug-likeness (QED) is 0.793. The van der Waals surface area contributed by atoms with Gasteiger partial charge in [-0.05, 0) is 36.8 Å². The summed E-state index contributed by atoms with van der Waals surface area (Å²) in [6.07, 6.45) is 2.29. The highest BCUT2D eigenvalue weighted by Gasteiger charge is 2.04. The molecule has 4 heteroatoms. The van der Waals surface area contributed by atoms with Gasteiger partial charge in [0, 0.05) is 17.4 Å². The Morgan fingerprint density at radius 3 is 2.88 bits per heavy atom. The maximum atomic E-state index is 10.4. The number of hydrogen-bond donors (Lipinski definition) is 1. The van der Waals surface area contributed by atoms with Gasteiger partial charge < -0.3 is 5.32 Å². The van der Waals surface area contributed by atoms with Gasteiger partial charge in [0.1, 0.15) is 0 Å². The molecular weight excluding hydrogens is 202 g/mol. The van der Waals surface area contributed by atoms with Crippen LogP contribution in [0, 0.1) is 6.92 Å². The number of amides is 1. The van der Waals surface area contributed by atoms with Gasteiger partial charge in [-0.15, -0.1) is 0 Å². The van der Waals surface area contributed by atoms with E-state index in [1.807, 2.05) is 37.3 Å². The highest BCUT2D eigenvalue weighted by molar-refractivity contribution is 5.76. The van der Waals surface area contributed by atoms with Crippen molar-refractivity contribution < 1.29 is 4.79 Å². The van der Waals surface area contributed by atoms with E-state index >= 15 is 0 Å². The minimum Gasteiger partial charge on any atom is -0.329 e. The summed E-state index contributed by atoms with van der Waals surface area (Å²) < 4.78 is 0. The zero-order valence-corrected chi connectivity index (χ0v) is 8.84. The molecule has 0 bridgehead atoms. The SMILES string of the molecule is Cc1ccc(NC=O)cc1-c1cccnn1. The van der Waals surface area contributed by atoms with E-state index in [0.717, 1.165) is 22.5 Å². The Bertz CT molecular complexity index is 497. The molecule has 0 aliphatic heterocycles. The average Bonchev–Trinajstić information content (AvgIpc) is 2.33. The molecule has 1 aromatic heterocycles. The van der Waals surface area contributed by atoms with Crippen LogP contribution in [0.15, 0.2) is 36.5 Å². The number of benzene rings is 1. The number of nitrogens with one attached hydrogen (secondary N) is 1. The number of aryl methyl sites for hydroxylation is 1. The molecule has 80 valence electrons. The van der Waals surface area contributed by atoms with Crippen LogP contribution in [-0.4, -0.2) is 16.6 Å². The van der Waals surface area contributed by atoms with Gasteiger partial charge in [-0.2, -0.15) is 10.2 Å². The van der Waals surface area contributed by atoms with Crippen molar-refractivity contribution in [3.05, 3.63) is 42.1 Å². The third kappa shape index (κ3) is 2.06. The summed E-state index contributed by atoms with van der Waals surface area (Å²) in [5, 5.41) is 10.5. The van der Waals surface area contributed by atoms with Gasteiger partial charge in [-0.3, -0.25) is 4.79 Å². The minimum atomic E-state index is 0.658. The van der Waals surface area contributed by atoms with Crippen molar-refractivity contribution >= 4 is 12.1 Å². The van der Waals surface area contributed by atoms with Crippen molar-refractivity contribution in [2.24, 2.45) is 0 Å². The van der Waals surface area contributed by atoms with Crippen LogP contribution in [0.4, 0.5) is 5.69 Å². The molecule has 0 saturated carbocycles. The molecule has 1 amide bonds. The van der Waals surface area contributed by atoms with Crippen LogP contribution in [0.2, 0.25) is 0 Å². The Labute approximate surface area is 93.3 Å². The van der Waals surface area contributed by atoms with Gasteiger partial charge in [-0.1, -0.05) is 6.07 Å². The van der Waals surface area contributed by atoms with Gasteiger partial charge in [0.25, 0.3) is 0 Å². The number of hydrogen-bond acceptors (Lipinski definition) is 3. The largest absolute Gasteiger partial charge is 0.329 e. The van der Waals surface area contributed by atoms with Crippen molar-refractivity contribution in [1.82, 2.24) is 10.2 Å². The molecule has 2 aromatic rings. The monoisotopic (exact) mass is 213 g/mol. The third-order valence-corrected chi connectivity index (χ3v) is 2.31. The first-order chi connectivity index (χ1) is 7.81. The molecule has 0 fully saturated rings. The highest BCUT2D eigenvalue weighted by Crippen LogP contribution is 2.24. The highest BCUT2D eigenvalue weighted by atomic mass is 16.1. The molecule has 0 aliphatic carbocycles. The summed E-state index contributed by atoms with van der Waals surface area (Å²) in [6, 6.07) is 9.40. The molecule has 1 N–H and O–H groups in total. The van der Waals surface area contributed by atoms with Crippen LogP contribution in [-0.2, 0) is 4.79 Å². The maximum Gasteiger partial charge on any atom is 0.211 e. The Morgan fingerprint density at radius 2 is 2.19 bits per heavy atom. The normalized spacial score (nSPS) is 9.81. The van der Waals surface area contributed by atoms with Gasteiger partial charge in [-0.25, -0.2) is 0 Å². The van der Waals surface area contributed by atoms with Crippen molar-refractivity contribution in [2.45, 2.75) is 6.92 Å². The zero-order valence-electron chi connectivity index (χ0n) is 8.84. The number of rotatable bonds is 3. The van der Waals surface area contributed by atoms with Gasteiger partial charge in [0.15, 0.2) is 0 Å². The second kappa shape index (κ2) is 4.53. The molecule has 1 heterocycles. The molecule has 0 radical (unpaired) electrons. The molecular formula is C12H11N3O. The molecule has 4 nitrogen and oxygen atoms in total. The van der Waals surface area contributed by atoms with Gasteiger partial charge >= 0.3 is 0 Å². The lowest BCUT2D eigenvalue weighted by Gasteiger charge is -2.06. The number of aromatic nitrogens is 2. The Morgan fingerprint density at radius 1 is 1.31 bits per heavy atom. The fourth-order valence-corrected chi connectivity index (χ4v) is 1.50. The van der Waals surface area contributed by atoms with Crippen LogP contribution < -0.4 is 5.32 Å². The second-order valence-electron chi connectivity index (χ2n) is 3.40. The Kier molecular flexibility index (Phi) is 2.91. The minimum absolute atomic E-state index is 0.658. The number of anilines is 1. The number of carbonyl (C=O) groups is 1. The summed E-state index contributed by atoms with van der Waals surface area (Å²) in [5.41, 5.74) is 3.62. The van der Waals surface area contributed by atoms with E-state index in [1.54, 1.807) is 6.20 Å². The number of carbonyl (C=O) groups excluding carboxylic acids is 1. The lowest BCUT2D eigenvalue weighted by atomic mass is 10.0. The summed E-state index contributed by atoms with van der Waals surface area (Å²) >= 11 is 0. The first kappa shape index (κ1) is 10.3. The standard InChI is InChI=1S/C12H11N3O/c1-9-4-5-10(13-8-16)7-11(9)12-3-2-6-14-15-12/h2-8H,1H3,(H,13,16). The van der Waals surface area contributed by atoms with Crippen molar-refractivity contribution in [3.8, 4) is 11.3 Å². The van der Waals surface area contributed by atoms with E-state index < -0.39 is 0 Å². The van der Waals surface area contributed by atoms with Crippen molar-refractivity contribution in [3.63, 3.8) is 0 Å². The van der Waals surface area contributed by atoms with Crippen LogP contribution >= 0.6 is 0 Å². The lowest BCUT2D eigenvalue weighted by Crippen LogP contribution is -1.95. The summed E-state index contributed by atoms with van der Waals surface area (Å²) in [5.74, 6) is 0. The smallest absolute Gasteiger partial charge is 0.211 e. The van der Waals surface area contributed by atoms with Crippen molar-refractivity contribution in [1.29, 1.82) is 0 Å². The molecule has 0 atom stereocenters. The van der Waals surface area contributed by atoms with E-state index in [1.165, 1.54) is 0 Å². The first-order valence-corrected chi connectivity index (χ1v) is 4.90. The predicted molar refractivity (Wildman–Crippen MR) is 61.9 cm³/mol. The summed E-state index contributed by atoms with van der Waals surface area (Å²) in [4.78, 5) is 10.4. The van der Waals surface area contributed by atoms with E-state index in [-0.39, 0.29) is 0 Å². The lowest BCUT2D eigenvalue weighted by molar-refractivity contribution is -0.105. The molecule has 0 saturated heterocycles. The van der Waals surface area contributed by atoms with E-state index in [2.05, 4.69) is 15.5 Å². The Balaban J connectivity index is 2.47. The zero-order chi connectivity index (χ0) is 11.4. The van der Waals surface area contributed by atoms with Crippen molar-refractivity contribution in [2.75, 3.05) is 5.32 Å². The topological polar surface area (TPSA) is 54.9 Å². The molecule has 0 unspecified atom stereocenters. The van der Waals surface area contributed by atoms with E-state index in [4.69, 9.17) is 0 Å². The maximum absolute atomic E-state index is 10.4.